The highest BCUT2D eigenvalue weighted by Gasteiger charge is 2.48. The number of para-hydroxylation sites is 2. The first kappa shape index (κ1) is 15.7. The Labute approximate surface area is 146 Å². The molecule has 5 heteroatoms. The lowest BCUT2D eigenvalue weighted by Crippen LogP contribution is -2.49. The van der Waals surface area contributed by atoms with Gasteiger partial charge in [-0.1, -0.05) is 36.4 Å². The number of hydrogen-bond donors (Lipinski definition) is 1. The van der Waals surface area contributed by atoms with Gasteiger partial charge in [-0.15, -0.1) is 0 Å². The molecule has 0 aliphatic carbocycles. The topological polar surface area (TPSA) is 58.6 Å². The minimum atomic E-state index is -0.492. The van der Waals surface area contributed by atoms with Crippen molar-refractivity contribution in [3.8, 4) is 5.75 Å². The maximum atomic E-state index is 12.6. The molecule has 128 valence electrons. The quantitative estimate of drug-likeness (QED) is 0.937. The molecule has 4 rings (SSSR count). The molecule has 1 fully saturated rings. The minimum absolute atomic E-state index is 0.0276. The molecular formula is C20H20N2O3. The molecule has 0 aromatic heterocycles. The minimum Gasteiger partial charge on any atom is -0.484 e. The average Bonchev–Trinajstić information content (AvgIpc) is 2.93. The number of anilines is 1. The van der Waals surface area contributed by atoms with Gasteiger partial charge in [-0.25, -0.2) is 0 Å². The Balaban J connectivity index is 1.40. The second kappa shape index (κ2) is 6.24. The Bertz CT molecular complexity index is 796. The highest BCUT2D eigenvalue weighted by molar-refractivity contribution is 6.06. The maximum Gasteiger partial charge on any atom is 0.260 e. The fourth-order valence-corrected chi connectivity index (χ4v) is 3.76. The van der Waals surface area contributed by atoms with Crippen molar-refractivity contribution < 1.29 is 14.3 Å². The third-order valence-electron chi connectivity index (χ3n) is 5.20. The summed E-state index contributed by atoms with van der Waals surface area (Å²) in [6, 6.07) is 17.2. The predicted molar refractivity (Wildman–Crippen MR) is 94.5 cm³/mol. The van der Waals surface area contributed by atoms with Crippen LogP contribution < -0.4 is 10.1 Å². The van der Waals surface area contributed by atoms with Gasteiger partial charge in [0, 0.05) is 18.8 Å². The standard InChI is InChI=1S/C20H20N2O3/c23-18(14-25-15-6-2-1-3-7-15)22-12-10-20(11-13-22)16-8-4-5-9-17(16)21-19(20)24/h1-9H,10-14H2,(H,21,24). The monoisotopic (exact) mass is 336 g/mol. The number of ether oxygens (including phenoxy) is 1. The normalized spacial score (nSPS) is 17.9. The van der Waals surface area contributed by atoms with E-state index in [0.717, 1.165) is 11.3 Å². The summed E-state index contributed by atoms with van der Waals surface area (Å²) in [5.74, 6) is 0.708. The van der Waals surface area contributed by atoms with Crippen molar-refractivity contribution in [2.75, 3.05) is 25.0 Å². The summed E-state index contributed by atoms with van der Waals surface area (Å²) < 4.78 is 5.54. The summed E-state index contributed by atoms with van der Waals surface area (Å²) >= 11 is 0. The molecule has 0 unspecified atom stereocenters. The van der Waals surface area contributed by atoms with Gasteiger partial charge in [0.05, 0.1) is 5.41 Å². The number of carbonyl (C=O) groups is 2. The Hall–Kier alpha value is -2.82. The zero-order chi connectivity index (χ0) is 17.3. The Kier molecular flexibility index (Phi) is 3.92. The molecule has 1 spiro atoms. The van der Waals surface area contributed by atoms with Crippen LogP contribution in [0.2, 0.25) is 0 Å². The number of nitrogens with zero attached hydrogens (tertiary/aromatic N) is 1. The Morgan fingerprint density at radius 1 is 1.04 bits per heavy atom. The average molecular weight is 336 g/mol. The molecule has 2 aromatic carbocycles. The number of benzene rings is 2. The molecule has 2 aromatic rings. The van der Waals surface area contributed by atoms with Crippen molar-refractivity contribution in [3.63, 3.8) is 0 Å². The zero-order valence-electron chi connectivity index (χ0n) is 13.9. The number of hydrogen-bond acceptors (Lipinski definition) is 3. The summed E-state index contributed by atoms with van der Waals surface area (Å²) in [5, 5.41) is 2.98. The fraction of sp³-hybridized carbons (Fsp3) is 0.300. The lowest BCUT2D eigenvalue weighted by Gasteiger charge is -2.37. The number of piperidine rings is 1. The van der Waals surface area contributed by atoms with Crippen molar-refractivity contribution in [1.82, 2.24) is 4.90 Å². The van der Waals surface area contributed by atoms with E-state index in [4.69, 9.17) is 4.74 Å². The van der Waals surface area contributed by atoms with Crippen molar-refractivity contribution in [1.29, 1.82) is 0 Å². The van der Waals surface area contributed by atoms with E-state index in [1.54, 1.807) is 4.90 Å². The first-order chi connectivity index (χ1) is 12.2. The van der Waals surface area contributed by atoms with Crippen LogP contribution in [0.3, 0.4) is 0 Å². The Morgan fingerprint density at radius 2 is 1.72 bits per heavy atom. The number of rotatable bonds is 3. The molecule has 1 saturated heterocycles. The van der Waals surface area contributed by atoms with Crippen LogP contribution >= 0.6 is 0 Å². The van der Waals surface area contributed by atoms with E-state index in [-0.39, 0.29) is 18.4 Å². The van der Waals surface area contributed by atoms with Crippen LogP contribution in [0.5, 0.6) is 5.75 Å². The number of amides is 2. The smallest absolute Gasteiger partial charge is 0.260 e. The van der Waals surface area contributed by atoms with E-state index in [0.29, 0.717) is 31.7 Å². The van der Waals surface area contributed by atoms with Gasteiger partial charge in [0.2, 0.25) is 5.91 Å². The van der Waals surface area contributed by atoms with Crippen LogP contribution in [0.25, 0.3) is 0 Å². The summed E-state index contributed by atoms with van der Waals surface area (Å²) in [4.78, 5) is 26.8. The highest BCUT2D eigenvalue weighted by Crippen LogP contribution is 2.44. The molecular weight excluding hydrogens is 316 g/mol. The van der Waals surface area contributed by atoms with Crippen LogP contribution in [0, 0.1) is 0 Å². The van der Waals surface area contributed by atoms with E-state index in [1.165, 1.54) is 0 Å². The molecule has 25 heavy (non-hydrogen) atoms. The van der Waals surface area contributed by atoms with Gasteiger partial charge >= 0.3 is 0 Å². The van der Waals surface area contributed by atoms with Crippen molar-refractivity contribution in [3.05, 3.63) is 60.2 Å². The summed E-state index contributed by atoms with van der Waals surface area (Å²) in [5.41, 5.74) is 1.47. The number of nitrogens with one attached hydrogen (secondary N) is 1. The fourth-order valence-electron chi connectivity index (χ4n) is 3.76. The zero-order valence-corrected chi connectivity index (χ0v) is 13.9. The molecule has 2 aliphatic heterocycles. The second-order valence-electron chi connectivity index (χ2n) is 6.56. The Morgan fingerprint density at radius 3 is 2.48 bits per heavy atom. The lowest BCUT2D eigenvalue weighted by atomic mass is 9.73. The van der Waals surface area contributed by atoms with Gasteiger partial charge in [0.15, 0.2) is 6.61 Å². The highest BCUT2D eigenvalue weighted by atomic mass is 16.5. The van der Waals surface area contributed by atoms with E-state index < -0.39 is 5.41 Å². The largest absolute Gasteiger partial charge is 0.484 e. The van der Waals surface area contributed by atoms with Gasteiger partial charge in [0.25, 0.3) is 5.91 Å². The van der Waals surface area contributed by atoms with E-state index >= 15 is 0 Å². The summed E-state index contributed by atoms with van der Waals surface area (Å²) in [6.07, 6.45) is 1.29. The number of carbonyl (C=O) groups excluding carboxylic acids is 2. The van der Waals surface area contributed by atoms with Crippen LogP contribution in [0.4, 0.5) is 5.69 Å². The van der Waals surface area contributed by atoms with Crippen LogP contribution in [-0.4, -0.2) is 36.4 Å². The third-order valence-corrected chi connectivity index (χ3v) is 5.20. The first-order valence-electron chi connectivity index (χ1n) is 8.56. The van der Waals surface area contributed by atoms with Crippen LogP contribution in [0.1, 0.15) is 18.4 Å². The van der Waals surface area contributed by atoms with Gasteiger partial charge in [-0.2, -0.15) is 0 Å². The van der Waals surface area contributed by atoms with Crippen molar-refractivity contribution >= 4 is 17.5 Å². The predicted octanol–water partition coefficient (Wildman–Crippen LogP) is 2.58. The van der Waals surface area contributed by atoms with Crippen molar-refractivity contribution in [2.45, 2.75) is 18.3 Å². The summed E-state index contributed by atoms with van der Waals surface area (Å²) in [7, 11) is 0. The molecule has 1 N–H and O–H groups in total. The van der Waals surface area contributed by atoms with E-state index in [1.807, 2.05) is 54.6 Å². The third kappa shape index (κ3) is 2.76. The van der Waals surface area contributed by atoms with E-state index in [2.05, 4.69) is 5.32 Å². The molecule has 0 bridgehead atoms. The number of fused-ring (bicyclic) bond motifs is 2. The lowest BCUT2D eigenvalue weighted by molar-refractivity contribution is -0.137. The van der Waals surface area contributed by atoms with Crippen LogP contribution in [-0.2, 0) is 15.0 Å². The molecule has 2 amide bonds. The summed E-state index contributed by atoms with van der Waals surface area (Å²) in [6.45, 7) is 1.16. The number of likely N-dealkylation sites (tertiary alicyclic amines) is 1. The molecule has 2 heterocycles. The van der Waals surface area contributed by atoms with E-state index in [9.17, 15) is 9.59 Å². The molecule has 2 aliphatic rings. The maximum absolute atomic E-state index is 12.6. The van der Waals surface area contributed by atoms with Crippen molar-refractivity contribution in [2.24, 2.45) is 0 Å². The van der Waals surface area contributed by atoms with Gasteiger partial charge in [-0.05, 0) is 36.6 Å². The van der Waals surface area contributed by atoms with Crippen LogP contribution in [0.15, 0.2) is 54.6 Å². The molecule has 5 nitrogen and oxygen atoms in total. The first-order valence-corrected chi connectivity index (χ1v) is 8.56. The molecule has 0 atom stereocenters. The SMILES string of the molecule is O=C(COc1ccccc1)N1CCC2(CC1)C(=O)Nc1ccccc12. The second-order valence-corrected chi connectivity index (χ2v) is 6.56. The van der Waals surface area contributed by atoms with Gasteiger partial charge in [-0.3, -0.25) is 9.59 Å². The van der Waals surface area contributed by atoms with Gasteiger partial charge in [0.1, 0.15) is 5.75 Å². The molecule has 0 saturated carbocycles. The van der Waals surface area contributed by atoms with Gasteiger partial charge < -0.3 is 15.0 Å². The molecule has 0 radical (unpaired) electrons.